The molecule has 0 unspecified atom stereocenters. The van der Waals surface area contributed by atoms with Crippen molar-refractivity contribution in [1.29, 1.82) is 0 Å². The van der Waals surface area contributed by atoms with E-state index in [1.807, 2.05) is 18.2 Å². The van der Waals surface area contributed by atoms with Crippen LogP contribution < -0.4 is 10.2 Å². The average Bonchev–Trinajstić information content (AvgIpc) is 3.22. The number of hydrogen-bond donors (Lipinski definition) is 1. The molecule has 3 aromatic rings. The molecule has 7 heteroatoms. The summed E-state index contributed by atoms with van der Waals surface area (Å²) in [5.74, 6) is 1.36. The van der Waals surface area contributed by atoms with Crippen LogP contribution >= 0.6 is 23.2 Å². The Kier molecular flexibility index (Phi) is 8.11. The fourth-order valence-electron chi connectivity index (χ4n) is 4.01. The maximum absolute atomic E-state index is 12.1. The van der Waals surface area contributed by atoms with Crippen molar-refractivity contribution in [3.05, 3.63) is 76.0 Å². The van der Waals surface area contributed by atoms with Crippen LogP contribution in [-0.4, -0.2) is 18.7 Å². The van der Waals surface area contributed by atoms with Crippen LogP contribution in [0.4, 0.5) is 0 Å². The third kappa shape index (κ3) is 7.37. The lowest BCUT2D eigenvalue weighted by Crippen LogP contribution is -2.25. The zero-order chi connectivity index (χ0) is 24.9. The van der Waals surface area contributed by atoms with Gasteiger partial charge in [-0.3, -0.25) is 4.79 Å². The zero-order valence-corrected chi connectivity index (χ0v) is 21.6. The molecule has 3 rings (SSSR count). The highest BCUT2D eigenvalue weighted by atomic mass is 35.5. The molecule has 0 aliphatic carbocycles. The minimum atomic E-state index is -0.371. The fraction of sp³-hybridized carbons (Fsp3) is 0.333. The Labute approximate surface area is 211 Å². The number of carbonyl (C=O) groups is 1. The van der Waals surface area contributed by atoms with E-state index >= 15 is 0 Å². The van der Waals surface area contributed by atoms with Gasteiger partial charge in [0.2, 0.25) is 0 Å². The summed E-state index contributed by atoms with van der Waals surface area (Å²) in [6.45, 7) is 11.1. The Hall–Kier alpha value is -2.76. The third-order valence-corrected chi connectivity index (χ3v) is 5.93. The third-order valence-electron chi connectivity index (χ3n) is 5.19. The molecular formula is C27H30Cl2N2O3. The van der Waals surface area contributed by atoms with E-state index in [1.165, 1.54) is 11.8 Å². The molecular weight excluding hydrogens is 471 g/mol. The number of carbonyl (C=O) groups excluding carboxylic acids is 1. The van der Waals surface area contributed by atoms with Gasteiger partial charge in [-0.25, -0.2) is 5.43 Å². The van der Waals surface area contributed by atoms with Gasteiger partial charge >= 0.3 is 0 Å². The lowest BCUT2D eigenvalue weighted by molar-refractivity contribution is -0.123. The number of furan rings is 1. The highest BCUT2D eigenvalue weighted by Gasteiger charge is 2.27. The Bertz CT molecular complexity index is 1160. The summed E-state index contributed by atoms with van der Waals surface area (Å²) in [7, 11) is 0. The number of ether oxygens (including phenoxy) is 1. The molecule has 1 amide bonds. The summed E-state index contributed by atoms with van der Waals surface area (Å²) in [6.07, 6.45) is 2.48. The summed E-state index contributed by atoms with van der Waals surface area (Å²) < 4.78 is 11.3. The van der Waals surface area contributed by atoms with E-state index in [9.17, 15) is 4.79 Å². The molecule has 1 aromatic heterocycles. The van der Waals surface area contributed by atoms with Gasteiger partial charge in [0.1, 0.15) is 17.3 Å². The predicted molar refractivity (Wildman–Crippen MR) is 139 cm³/mol. The largest absolute Gasteiger partial charge is 0.484 e. The minimum absolute atomic E-state index is 0.0500. The molecule has 0 radical (unpaired) electrons. The minimum Gasteiger partial charge on any atom is -0.484 e. The molecule has 1 heterocycles. The molecule has 0 atom stereocenters. The molecule has 0 spiro atoms. The van der Waals surface area contributed by atoms with Gasteiger partial charge in [0.15, 0.2) is 6.61 Å². The molecule has 0 aliphatic rings. The molecule has 180 valence electrons. The zero-order valence-electron chi connectivity index (χ0n) is 20.1. The van der Waals surface area contributed by atoms with Gasteiger partial charge in [-0.2, -0.15) is 5.10 Å². The number of halogens is 2. The lowest BCUT2D eigenvalue weighted by atomic mass is 9.72. The van der Waals surface area contributed by atoms with Crippen LogP contribution in [0, 0.1) is 5.41 Å². The first kappa shape index (κ1) is 25.9. The topological polar surface area (TPSA) is 63.8 Å². The summed E-state index contributed by atoms with van der Waals surface area (Å²) in [6, 6.07) is 16.7. The van der Waals surface area contributed by atoms with E-state index in [-0.39, 0.29) is 23.3 Å². The van der Waals surface area contributed by atoms with Crippen molar-refractivity contribution in [2.45, 2.75) is 46.5 Å². The van der Waals surface area contributed by atoms with Gasteiger partial charge in [-0.1, -0.05) is 70.0 Å². The van der Waals surface area contributed by atoms with Crippen LogP contribution in [0.5, 0.6) is 5.75 Å². The Morgan fingerprint density at radius 3 is 2.35 bits per heavy atom. The van der Waals surface area contributed by atoms with Gasteiger partial charge in [-0.05, 0) is 65.3 Å². The van der Waals surface area contributed by atoms with E-state index in [0.717, 1.165) is 12.0 Å². The van der Waals surface area contributed by atoms with E-state index in [4.69, 9.17) is 32.4 Å². The van der Waals surface area contributed by atoms with E-state index < -0.39 is 0 Å². The van der Waals surface area contributed by atoms with Crippen molar-refractivity contribution in [1.82, 2.24) is 5.43 Å². The van der Waals surface area contributed by atoms with Gasteiger partial charge in [0.05, 0.1) is 16.3 Å². The number of nitrogens with one attached hydrogen (secondary N) is 1. The maximum Gasteiger partial charge on any atom is 0.277 e. The first-order valence-corrected chi connectivity index (χ1v) is 11.8. The number of hydrazone groups is 1. The van der Waals surface area contributed by atoms with Crippen LogP contribution in [0.2, 0.25) is 10.0 Å². The summed E-state index contributed by atoms with van der Waals surface area (Å²) in [4.78, 5) is 12.1. The quantitative estimate of drug-likeness (QED) is 0.257. The normalized spacial score (nSPS) is 12.2. The molecule has 0 bridgehead atoms. The standard InChI is InChI=1S/C27H30Cl2N2O3/c1-26(2,3)17-27(4,5)19-7-9-20(10-8-19)33-16-25(32)31-30-15-21-11-13-24(34-21)18-6-12-22(28)23(29)14-18/h6-15H,16-17H2,1-5H3,(H,31,32)/b30-15+. The highest BCUT2D eigenvalue weighted by molar-refractivity contribution is 6.42. The Balaban J connectivity index is 1.49. The van der Waals surface area contributed by atoms with Crippen LogP contribution in [0.3, 0.4) is 0 Å². The number of benzene rings is 2. The molecule has 5 nitrogen and oxygen atoms in total. The SMILES string of the molecule is CC(C)(C)CC(C)(C)c1ccc(OCC(=O)N/N=C/c2ccc(-c3ccc(Cl)c(Cl)c3)o2)cc1. The predicted octanol–water partition coefficient (Wildman–Crippen LogP) is 7.50. The van der Waals surface area contributed by atoms with Gasteiger partial charge in [0, 0.05) is 5.56 Å². The van der Waals surface area contributed by atoms with Gasteiger partial charge < -0.3 is 9.15 Å². The number of hydrogen-bond acceptors (Lipinski definition) is 4. The maximum atomic E-state index is 12.1. The lowest BCUT2D eigenvalue weighted by Gasteiger charge is -2.33. The number of amides is 1. The van der Waals surface area contributed by atoms with Crippen molar-refractivity contribution in [3.8, 4) is 17.1 Å². The van der Waals surface area contributed by atoms with Crippen molar-refractivity contribution >= 4 is 35.3 Å². The second-order valence-electron chi connectivity index (χ2n) is 10.1. The monoisotopic (exact) mass is 500 g/mol. The van der Waals surface area contributed by atoms with Crippen LogP contribution in [0.15, 0.2) is 64.1 Å². The molecule has 0 saturated carbocycles. The number of nitrogens with zero attached hydrogens (tertiary/aromatic N) is 1. The fourth-order valence-corrected chi connectivity index (χ4v) is 4.30. The molecule has 0 fully saturated rings. The second kappa shape index (κ2) is 10.7. The summed E-state index contributed by atoms with van der Waals surface area (Å²) in [5.41, 5.74) is 4.75. The first-order chi connectivity index (χ1) is 15.9. The average molecular weight is 501 g/mol. The summed E-state index contributed by atoms with van der Waals surface area (Å²) >= 11 is 12.0. The summed E-state index contributed by atoms with van der Waals surface area (Å²) in [5, 5.41) is 4.85. The van der Waals surface area contributed by atoms with Crippen LogP contribution in [0.25, 0.3) is 11.3 Å². The molecule has 0 saturated heterocycles. The van der Waals surface area contributed by atoms with Crippen molar-refractivity contribution in [3.63, 3.8) is 0 Å². The first-order valence-electron chi connectivity index (χ1n) is 11.0. The van der Waals surface area contributed by atoms with E-state index in [0.29, 0.717) is 27.3 Å². The van der Waals surface area contributed by atoms with Gasteiger partial charge in [0.25, 0.3) is 5.91 Å². The van der Waals surface area contributed by atoms with Crippen LogP contribution in [-0.2, 0) is 10.2 Å². The van der Waals surface area contributed by atoms with E-state index in [2.05, 4.69) is 57.3 Å². The highest BCUT2D eigenvalue weighted by Crippen LogP contribution is 2.36. The van der Waals surface area contributed by atoms with Crippen molar-refractivity contribution in [2.24, 2.45) is 10.5 Å². The molecule has 2 aromatic carbocycles. The van der Waals surface area contributed by atoms with E-state index in [1.54, 1.807) is 24.3 Å². The second-order valence-corrected chi connectivity index (χ2v) is 10.9. The Morgan fingerprint density at radius 1 is 1.00 bits per heavy atom. The molecule has 0 aliphatic heterocycles. The number of rotatable bonds is 8. The molecule has 1 N–H and O–H groups in total. The van der Waals surface area contributed by atoms with Gasteiger partial charge in [-0.15, -0.1) is 0 Å². The van der Waals surface area contributed by atoms with Crippen molar-refractivity contribution < 1.29 is 13.9 Å². The van der Waals surface area contributed by atoms with Crippen molar-refractivity contribution in [2.75, 3.05) is 6.61 Å². The Morgan fingerprint density at radius 2 is 1.71 bits per heavy atom. The molecule has 34 heavy (non-hydrogen) atoms. The smallest absolute Gasteiger partial charge is 0.277 e. The van der Waals surface area contributed by atoms with Crippen LogP contribution in [0.1, 0.15) is 52.4 Å².